The molecular weight excluding hydrogens is 192 g/mol. The van der Waals surface area contributed by atoms with Gasteiger partial charge in [0.05, 0.1) is 18.3 Å². The summed E-state index contributed by atoms with van der Waals surface area (Å²) in [6.07, 6.45) is 2.48. The Morgan fingerprint density at radius 1 is 1.60 bits per heavy atom. The largest absolute Gasteiger partial charge is 0.467 e. The van der Waals surface area contributed by atoms with Gasteiger partial charge in [-0.3, -0.25) is 10.1 Å². The lowest BCUT2D eigenvalue weighted by Gasteiger charge is -2.29. The van der Waals surface area contributed by atoms with Crippen LogP contribution in [0.15, 0.2) is 16.7 Å². The Hall–Kier alpha value is -1.29. The highest BCUT2D eigenvalue weighted by Gasteiger charge is 2.29. The number of furan rings is 1. The first-order valence-electron chi connectivity index (χ1n) is 5.30. The van der Waals surface area contributed by atoms with Crippen molar-refractivity contribution in [2.24, 2.45) is 0 Å². The molecule has 1 saturated heterocycles. The van der Waals surface area contributed by atoms with E-state index in [0.29, 0.717) is 6.54 Å². The van der Waals surface area contributed by atoms with E-state index in [-0.39, 0.29) is 18.0 Å². The molecule has 1 aliphatic heterocycles. The van der Waals surface area contributed by atoms with Gasteiger partial charge < -0.3 is 9.73 Å². The Labute approximate surface area is 89.0 Å². The molecule has 1 aliphatic rings. The molecule has 1 amide bonds. The van der Waals surface area contributed by atoms with E-state index in [2.05, 4.69) is 10.6 Å². The van der Waals surface area contributed by atoms with Crippen LogP contribution in [0.1, 0.15) is 30.7 Å². The van der Waals surface area contributed by atoms with Crippen molar-refractivity contribution in [3.63, 3.8) is 0 Å². The number of amides is 1. The maximum atomic E-state index is 11.4. The number of rotatable bonds is 2. The first kappa shape index (κ1) is 10.2. The molecular formula is C11H16N2O2. The van der Waals surface area contributed by atoms with E-state index in [1.165, 1.54) is 0 Å². The fraction of sp³-hybridized carbons (Fsp3) is 0.545. The maximum Gasteiger partial charge on any atom is 0.237 e. The minimum Gasteiger partial charge on any atom is -0.467 e. The normalized spacial score (nSPS) is 26.4. The predicted octanol–water partition coefficient (Wildman–Crippen LogP) is 1.13. The van der Waals surface area contributed by atoms with Crippen LogP contribution in [-0.4, -0.2) is 18.5 Å². The minimum absolute atomic E-state index is 0.0814. The molecule has 0 radical (unpaired) electrons. The number of carbonyl (C=O) groups excluding carboxylic acids is 1. The van der Waals surface area contributed by atoms with Crippen LogP contribution in [0.2, 0.25) is 0 Å². The molecule has 0 saturated carbocycles. The Kier molecular flexibility index (Phi) is 2.77. The average Bonchev–Trinajstić information content (AvgIpc) is 2.65. The molecule has 0 aliphatic carbocycles. The van der Waals surface area contributed by atoms with Gasteiger partial charge in [-0.05, 0) is 25.0 Å². The zero-order valence-electron chi connectivity index (χ0n) is 9.04. The molecule has 2 rings (SSSR count). The average molecular weight is 208 g/mol. The summed E-state index contributed by atoms with van der Waals surface area (Å²) < 4.78 is 5.42. The number of carbonyl (C=O) groups is 1. The zero-order chi connectivity index (χ0) is 10.8. The number of aryl methyl sites for hydroxylation is 1. The molecule has 0 bridgehead atoms. The van der Waals surface area contributed by atoms with Gasteiger partial charge in [0.25, 0.3) is 0 Å². The summed E-state index contributed by atoms with van der Waals surface area (Å²) in [5.74, 6) is 1.01. The van der Waals surface area contributed by atoms with Crippen molar-refractivity contribution in [1.29, 1.82) is 0 Å². The van der Waals surface area contributed by atoms with Crippen LogP contribution in [-0.2, 0) is 4.79 Å². The van der Waals surface area contributed by atoms with E-state index in [4.69, 9.17) is 4.42 Å². The van der Waals surface area contributed by atoms with Crippen molar-refractivity contribution in [2.45, 2.75) is 32.4 Å². The van der Waals surface area contributed by atoms with Gasteiger partial charge in [0.15, 0.2) is 0 Å². The van der Waals surface area contributed by atoms with Gasteiger partial charge in [0.1, 0.15) is 5.76 Å². The summed E-state index contributed by atoms with van der Waals surface area (Å²) in [6, 6.07) is 1.94. The van der Waals surface area contributed by atoms with Crippen molar-refractivity contribution < 1.29 is 9.21 Å². The molecule has 1 fully saturated rings. The molecule has 82 valence electrons. The molecule has 2 atom stereocenters. The smallest absolute Gasteiger partial charge is 0.237 e. The Bertz CT molecular complexity index is 359. The third kappa shape index (κ3) is 1.90. The molecule has 2 N–H and O–H groups in total. The van der Waals surface area contributed by atoms with Gasteiger partial charge in [-0.1, -0.05) is 6.92 Å². The lowest BCUT2D eigenvalue weighted by molar-refractivity contribution is -0.125. The zero-order valence-corrected chi connectivity index (χ0v) is 9.04. The molecule has 4 nitrogen and oxygen atoms in total. The fourth-order valence-corrected chi connectivity index (χ4v) is 1.92. The van der Waals surface area contributed by atoms with E-state index in [1.807, 2.05) is 19.9 Å². The summed E-state index contributed by atoms with van der Waals surface area (Å²) in [7, 11) is 0. The molecule has 4 heteroatoms. The highest BCUT2D eigenvalue weighted by Crippen LogP contribution is 2.21. The van der Waals surface area contributed by atoms with Crippen molar-refractivity contribution in [3.8, 4) is 0 Å². The minimum atomic E-state index is -0.103. The van der Waals surface area contributed by atoms with Crippen LogP contribution in [0.4, 0.5) is 0 Å². The summed E-state index contributed by atoms with van der Waals surface area (Å²) >= 11 is 0. The number of piperazine rings is 1. The Balaban J connectivity index is 2.13. The van der Waals surface area contributed by atoms with Crippen LogP contribution in [0.3, 0.4) is 0 Å². The van der Waals surface area contributed by atoms with Gasteiger partial charge in [0.2, 0.25) is 5.91 Å². The molecule has 15 heavy (non-hydrogen) atoms. The molecule has 2 heterocycles. The quantitative estimate of drug-likeness (QED) is 0.766. The molecule has 1 aromatic heterocycles. The summed E-state index contributed by atoms with van der Waals surface area (Å²) in [5, 5.41) is 6.18. The van der Waals surface area contributed by atoms with Crippen LogP contribution in [0, 0.1) is 6.92 Å². The van der Waals surface area contributed by atoms with Crippen molar-refractivity contribution in [2.75, 3.05) is 6.54 Å². The fourth-order valence-electron chi connectivity index (χ4n) is 1.92. The predicted molar refractivity (Wildman–Crippen MR) is 56.4 cm³/mol. The van der Waals surface area contributed by atoms with Gasteiger partial charge in [0, 0.05) is 6.54 Å². The summed E-state index contributed by atoms with van der Waals surface area (Å²) in [5.41, 5.74) is 1.12. The van der Waals surface area contributed by atoms with Crippen molar-refractivity contribution in [3.05, 3.63) is 23.7 Å². The SMILES string of the molecule is CCC1NC(c2occc2C)CNC1=O. The van der Waals surface area contributed by atoms with Crippen molar-refractivity contribution >= 4 is 5.91 Å². The van der Waals surface area contributed by atoms with Crippen LogP contribution >= 0.6 is 0 Å². The lowest BCUT2D eigenvalue weighted by atomic mass is 10.0. The van der Waals surface area contributed by atoms with E-state index in [0.717, 1.165) is 17.7 Å². The summed E-state index contributed by atoms with van der Waals surface area (Å²) in [6.45, 7) is 4.61. The topological polar surface area (TPSA) is 54.3 Å². The van der Waals surface area contributed by atoms with E-state index >= 15 is 0 Å². The first-order valence-corrected chi connectivity index (χ1v) is 5.30. The van der Waals surface area contributed by atoms with Gasteiger partial charge >= 0.3 is 0 Å². The Morgan fingerprint density at radius 3 is 3.00 bits per heavy atom. The van der Waals surface area contributed by atoms with E-state index < -0.39 is 0 Å². The van der Waals surface area contributed by atoms with Crippen LogP contribution < -0.4 is 10.6 Å². The molecule has 1 aromatic rings. The Morgan fingerprint density at radius 2 is 2.40 bits per heavy atom. The highest BCUT2D eigenvalue weighted by molar-refractivity contribution is 5.82. The second kappa shape index (κ2) is 4.06. The third-order valence-corrected chi connectivity index (χ3v) is 2.83. The second-order valence-electron chi connectivity index (χ2n) is 3.89. The maximum absolute atomic E-state index is 11.4. The molecule has 2 unspecified atom stereocenters. The molecule has 0 spiro atoms. The number of hydrogen-bond acceptors (Lipinski definition) is 3. The van der Waals surface area contributed by atoms with Crippen LogP contribution in [0.25, 0.3) is 0 Å². The number of nitrogens with one attached hydrogen (secondary N) is 2. The standard InChI is InChI=1S/C11H16N2O2/c1-3-8-11(14)12-6-9(13-8)10-7(2)4-5-15-10/h4-5,8-9,13H,3,6H2,1-2H3,(H,12,14). The van der Waals surface area contributed by atoms with Gasteiger partial charge in [-0.15, -0.1) is 0 Å². The summed E-state index contributed by atoms with van der Waals surface area (Å²) in [4.78, 5) is 11.4. The van der Waals surface area contributed by atoms with E-state index in [1.54, 1.807) is 6.26 Å². The van der Waals surface area contributed by atoms with Crippen molar-refractivity contribution in [1.82, 2.24) is 10.6 Å². The van der Waals surface area contributed by atoms with Gasteiger partial charge in [-0.25, -0.2) is 0 Å². The van der Waals surface area contributed by atoms with Crippen LogP contribution in [0.5, 0.6) is 0 Å². The number of hydrogen-bond donors (Lipinski definition) is 2. The molecule has 0 aromatic carbocycles. The highest BCUT2D eigenvalue weighted by atomic mass is 16.3. The monoisotopic (exact) mass is 208 g/mol. The first-order chi connectivity index (χ1) is 7.22. The van der Waals surface area contributed by atoms with E-state index in [9.17, 15) is 4.79 Å². The lowest BCUT2D eigenvalue weighted by Crippen LogP contribution is -2.54. The third-order valence-electron chi connectivity index (χ3n) is 2.83. The van der Waals surface area contributed by atoms with Gasteiger partial charge in [-0.2, -0.15) is 0 Å². The second-order valence-corrected chi connectivity index (χ2v) is 3.89.